The minimum Gasteiger partial charge on any atom is -0.396 e. The molecule has 2 amide bonds. The summed E-state index contributed by atoms with van der Waals surface area (Å²) in [6.07, 6.45) is 9.29. The van der Waals surface area contributed by atoms with E-state index in [4.69, 9.17) is 10.2 Å². The van der Waals surface area contributed by atoms with Crippen molar-refractivity contribution in [2.45, 2.75) is 82.7 Å². The van der Waals surface area contributed by atoms with Crippen LogP contribution in [-0.2, 0) is 9.59 Å². The summed E-state index contributed by atoms with van der Waals surface area (Å²) in [7, 11) is 0. The van der Waals surface area contributed by atoms with E-state index in [9.17, 15) is 18.4 Å². The van der Waals surface area contributed by atoms with Gasteiger partial charge < -0.3 is 20.8 Å². The van der Waals surface area contributed by atoms with Crippen molar-refractivity contribution in [3.05, 3.63) is 23.8 Å². The third-order valence-corrected chi connectivity index (χ3v) is 4.91. The number of allylic oxidation sites excluding steroid dienone is 2. The zero-order chi connectivity index (χ0) is 21.5. The molecule has 0 unspecified atom stereocenters. The Morgan fingerprint density at radius 1 is 0.759 bits per heavy atom. The van der Waals surface area contributed by atoms with Crippen molar-refractivity contribution < 1.29 is 28.6 Å². The fourth-order valence-corrected chi connectivity index (χ4v) is 3.26. The summed E-state index contributed by atoms with van der Waals surface area (Å²) in [6, 6.07) is -0.515. The van der Waals surface area contributed by atoms with Crippen molar-refractivity contribution >= 4 is 11.8 Å². The quantitative estimate of drug-likeness (QED) is 0.258. The van der Waals surface area contributed by atoms with Crippen LogP contribution in [-0.4, -0.2) is 47.3 Å². The third-order valence-electron chi connectivity index (χ3n) is 4.91. The Bertz CT molecular complexity index is 519. The van der Waals surface area contributed by atoms with Crippen LogP contribution in [0.1, 0.15) is 70.6 Å². The maximum atomic E-state index is 13.8. The van der Waals surface area contributed by atoms with Gasteiger partial charge in [-0.15, -0.1) is 0 Å². The number of aliphatic hydroxyl groups is 2. The van der Waals surface area contributed by atoms with Gasteiger partial charge in [-0.1, -0.05) is 12.8 Å². The van der Waals surface area contributed by atoms with E-state index in [2.05, 4.69) is 10.6 Å². The minimum absolute atomic E-state index is 0.108. The Kier molecular flexibility index (Phi) is 13.1. The van der Waals surface area contributed by atoms with Gasteiger partial charge in [-0.05, 0) is 69.9 Å². The second-order valence-corrected chi connectivity index (χ2v) is 7.40. The summed E-state index contributed by atoms with van der Waals surface area (Å²) in [4.78, 5) is 23.8. The zero-order valence-corrected chi connectivity index (χ0v) is 17.0. The highest BCUT2D eigenvalue weighted by Gasteiger charge is 2.28. The van der Waals surface area contributed by atoms with Gasteiger partial charge in [0.15, 0.2) is 11.7 Å². The smallest absolute Gasteiger partial charge is 0.279 e. The molecule has 0 aromatic rings. The van der Waals surface area contributed by atoms with Crippen molar-refractivity contribution in [2.75, 3.05) is 13.2 Å². The fourth-order valence-electron chi connectivity index (χ4n) is 3.26. The predicted molar refractivity (Wildman–Crippen MR) is 107 cm³/mol. The van der Waals surface area contributed by atoms with Crippen LogP contribution >= 0.6 is 0 Å². The van der Waals surface area contributed by atoms with Gasteiger partial charge in [0.1, 0.15) is 0 Å². The van der Waals surface area contributed by atoms with Gasteiger partial charge >= 0.3 is 0 Å². The maximum absolute atomic E-state index is 13.8. The number of hydrogen-bond donors (Lipinski definition) is 4. The van der Waals surface area contributed by atoms with Crippen LogP contribution < -0.4 is 10.6 Å². The Balaban J connectivity index is 2.30. The number of rotatable bonds is 14. The molecule has 0 spiro atoms. The number of aliphatic hydroxyl groups excluding tert-OH is 2. The summed E-state index contributed by atoms with van der Waals surface area (Å²) in [5, 5.41) is 22.6. The van der Waals surface area contributed by atoms with Crippen LogP contribution in [0.4, 0.5) is 8.78 Å². The summed E-state index contributed by atoms with van der Waals surface area (Å²) in [5.74, 6) is -3.18. The molecule has 0 saturated heterocycles. The third kappa shape index (κ3) is 11.1. The molecule has 0 radical (unpaired) electrons. The molecule has 1 aliphatic rings. The second kappa shape index (κ2) is 15.1. The van der Waals surface area contributed by atoms with Gasteiger partial charge in [-0.2, -0.15) is 0 Å². The van der Waals surface area contributed by atoms with Gasteiger partial charge in [-0.3, -0.25) is 9.59 Å². The number of nitrogens with one attached hydrogen (secondary N) is 2. The van der Waals surface area contributed by atoms with Crippen molar-refractivity contribution in [1.82, 2.24) is 10.6 Å². The molecule has 0 heterocycles. The van der Waals surface area contributed by atoms with Crippen molar-refractivity contribution in [1.29, 1.82) is 0 Å². The predicted octanol–water partition coefficient (Wildman–Crippen LogP) is 2.95. The SMILES string of the molecule is O=C(N[C@@H]1CC[C@H](NC(=O)/C(F)=C\CCCCCO)C1)/C(F)=C\CCCCCO. The first-order valence-electron chi connectivity index (χ1n) is 10.5. The molecule has 0 aromatic carbocycles. The summed E-state index contributed by atoms with van der Waals surface area (Å²) < 4.78 is 27.7. The van der Waals surface area contributed by atoms with Crippen LogP contribution in [0.3, 0.4) is 0 Å². The molecule has 6 nitrogen and oxygen atoms in total. The molecule has 1 fully saturated rings. The molecule has 0 aliphatic heterocycles. The van der Waals surface area contributed by atoms with E-state index in [1.807, 2.05) is 0 Å². The molecular weight excluding hydrogens is 382 g/mol. The lowest BCUT2D eigenvalue weighted by Crippen LogP contribution is -2.37. The van der Waals surface area contributed by atoms with Crippen LogP contribution in [0.2, 0.25) is 0 Å². The highest BCUT2D eigenvalue weighted by atomic mass is 19.1. The van der Waals surface area contributed by atoms with Gasteiger partial charge in [-0.25, -0.2) is 8.78 Å². The normalized spacial score (nSPS) is 20.0. The molecule has 1 rings (SSSR count). The molecular formula is C21H34F2N2O4. The van der Waals surface area contributed by atoms with E-state index in [1.54, 1.807) is 0 Å². The average molecular weight is 417 g/mol. The Morgan fingerprint density at radius 3 is 1.55 bits per heavy atom. The molecule has 166 valence electrons. The zero-order valence-electron chi connectivity index (χ0n) is 17.0. The van der Waals surface area contributed by atoms with E-state index >= 15 is 0 Å². The van der Waals surface area contributed by atoms with Crippen LogP contribution in [0.5, 0.6) is 0 Å². The van der Waals surface area contributed by atoms with E-state index in [0.717, 1.165) is 12.8 Å². The standard InChI is InChI=1S/C21H34F2N2O4/c22-18(9-5-1-3-7-13-26)20(28)24-16-11-12-17(15-16)25-21(29)19(23)10-6-2-4-8-14-27/h9-10,16-17,26-27H,1-8,11-15H2,(H,24,28)(H,25,29)/b18-9+,19-10+/t16-,17+. The first kappa shape index (κ1) is 25.2. The number of carbonyl (C=O) groups excluding carboxylic acids is 2. The van der Waals surface area contributed by atoms with Crippen LogP contribution in [0, 0.1) is 0 Å². The number of amides is 2. The van der Waals surface area contributed by atoms with Gasteiger partial charge in [0.05, 0.1) is 0 Å². The van der Waals surface area contributed by atoms with Crippen LogP contribution in [0.25, 0.3) is 0 Å². The minimum atomic E-state index is -0.823. The van der Waals surface area contributed by atoms with Gasteiger partial charge in [0.2, 0.25) is 0 Å². The Hall–Kier alpha value is -1.80. The lowest BCUT2D eigenvalue weighted by molar-refractivity contribution is -0.119. The Morgan fingerprint density at radius 2 is 1.17 bits per heavy atom. The molecule has 0 aromatic heterocycles. The van der Waals surface area contributed by atoms with Crippen LogP contribution in [0.15, 0.2) is 23.8 Å². The highest BCUT2D eigenvalue weighted by molar-refractivity contribution is 5.92. The summed E-state index contributed by atoms with van der Waals surface area (Å²) >= 11 is 0. The number of hydrogen-bond acceptors (Lipinski definition) is 4. The first-order chi connectivity index (χ1) is 14.0. The number of carbonyl (C=O) groups is 2. The van der Waals surface area contributed by atoms with Crippen molar-refractivity contribution in [3.63, 3.8) is 0 Å². The largest absolute Gasteiger partial charge is 0.396 e. The molecule has 0 bridgehead atoms. The lowest BCUT2D eigenvalue weighted by Gasteiger charge is -2.14. The Labute approximate surface area is 171 Å². The van der Waals surface area contributed by atoms with E-state index in [0.29, 0.717) is 57.8 Å². The summed E-state index contributed by atoms with van der Waals surface area (Å²) in [6.45, 7) is 0.215. The molecule has 29 heavy (non-hydrogen) atoms. The first-order valence-corrected chi connectivity index (χ1v) is 10.5. The fraction of sp³-hybridized carbons (Fsp3) is 0.714. The monoisotopic (exact) mass is 416 g/mol. The van der Waals surface area contributed by atoms with E-state index < -0.39 is 23.5 Å². The maximum Gasteiger partial charge on any atom is 0.279 e. The van der Waals surface area contributed by atoms with E-state index in [1.165, 1.54) is 12.2 Å². The number of halogens is 2. The molecule has 2 atom stereocenters. The molecule has 1 aliphatic carbocycles. The molecule has 1 saturated carbocycles. The topological polar surface area (TPSA) is 98.7 Å². The number of unbranched alkanes of at least 4 members (excludes halogenated alkanes) is 6. The van der Waals surface area contributed by atoms with Gasteiger partial charge in [0.25, 0.3) is 11.8 Å². The second-order valence-electron chi connectivity index (χ2n) is 7.40. The summed E-state index contributed by atoms with van der Waals surface area (Å²) in [5.41, 5.74) is 0. The molecule has 8 heteroatoms. The van der Waals surface area contributed by atoms with Crippen molar-refractivity contribution in [2.24, 2.45) is 0 Å². The van der Waals surface area contributed by atoms with Gasteiger partial charge in [0, 0.05) is 25.3 Å². The van der Waals surface area contributed by atoms with Crippen molar-refractivity contribution in [3.8, 4) is 0 Å². The molecule has 4 N–H and O–H groups in total. The average Bonchev–Trinajstić information content (AvgIpc) is 3.13. The lowest BCUT2D eigenvalue weighted by atomic mass is 10.2. The highest BCUT2D eigenvalue weighted by Crippen LogP contribution is 2.20. The van der Waals surface area contributed by atoms with E-state index in [-0.39, 0.29) is 25.3 Å².